The van der Waals surface area contributed by atoms with Gasteiger partial charge < -0.3 is 100 Å². The van der Waals surface area contributed by atoms with E-state index in [0.29, 0.717) is 36.2 Å². The Morgan fingerprint density at radius 3 is 1.29 bits per heavy atom. The molecule has 6 aliphatic rings. The number of unbranched alkanes of at least 4 members (excludes halogenated alkanes) is 2. The monoisotopic (exact) mass is 1240 g/mol. The molecule has 6 heterocycles. The van der Waals surface area contributed by atoms with Crippen molar-refractivity contribution in [2.45, 2.75) is 173 Å². The number of fused-ring (bicyclic) bond motifs is 2. The third-order valence-corrected chi connectivity index (χ3v) is 17.7. The molecule has 79 heavy (non-hydrogen) atoms. The van der Waals surface area contributed by atoms with Gasteiger partial charge in [-0.25, -0.2) is 26.4 Å². The molecule has 0 bridgehead atoms. The van der Waals surface area contributed by atoms with Gasteiger partial charge in [0.05, 0.1) is 95.2 Å². The minimum Gasteiger partial charge on any atom is -0.748 e. The number of aliphatic hydroxyl groups is 6. The summed E-state index contributed by atoms with van der Waals surface area (Å²) in [6.07, 6.45) is -10.7. The van der Waals surface area contributed by atoms with Crippen LogP contribution in [0.15, 0.2) is 0 Å². The normalized spacial score (nSPS) is 31.8. The molecular formula is C44H72CaN6O24S4. The van der Waals surface area contributed by atoms with Crippen molar-refractivity contribution in [3.8, 4) is 0 Å². The quantitative estimate of drug-likeness (QED) is 0.0105. The van der Waals surface area contributed by atoms with E-state index in [1.54, 1.807) is 0 Å². The van der Waals surface area contributed by atoms with Crippen LogP contribution in [0.25, 0.3) is 0 Å². The van der Waals surface area contributed by atoms with Gasteiger partial charge in [0.25, 0.3) is 0 Å². The number of hydrogen-bond acceptors (Lipinski definition) is 26. The van der Waals surface area contributed by atoms with Crippen LogP contribution < -0.4 is 31.9 Å². The van der Waals surface area contributed by atoms with Crippen molar-refractivity contribution in [3.05, 3.63) is 0 Å². The third-order valence-electron chi connectivity index (χ3n) is 13.2. The van der Waals surface area contributed by atoms with Crippen LogP contribution in [0.5, 0.6) is 0 Å². The number of carbonyl (C=O) groups excluding carboxylic acids is 6. The molecule has 30 nitrogen and oxygen atoms in total. The molecule has 12 N–H and O–H groups in total. The molecule has 6 amide bonds. The first-order valence-electron chi connectivity index (χ1n) is 25.6. The largest absolute Gasteiger partial charge is 2.00 e. The molecule has 0 aromatic heterocycles. The van der Waals surface area contributed by atoms with Crippen LogP contribution in [-0.2, 0) is 67.8 Å². The van der Waals surface area contributed by atoms with Gasteiger partial charge in [-0.05, 0) is 25.7 Å². The van der Waals surface area contributed by atoms with E-state index >= 15 is 0 Å². The van der Waals surface area contributed by atoms with Gasteiger partial charge in [-0.15, -0.1) is 0 Å². The summed E-state index contributed by atoms with van der Waals surface area (Å²) in [5, 5.41) is 76.9. The van der Waals surface area contributed by atoms with Crippen LogP contribution in [-0.4, -0.2) is 289 Å². The number of rotatable bonds is 30. The Morgan fingerprint density at radius 2 is 0.924 bits per heavy atom. The molecule has 0 radical (unpaired) electrons. The van der Waals surface area contributed by atoms with Gasteiger partial charge in [0.2, 0.25) is 11.8 Å². The average Bonchev–Trinajstić information content (AvgIpc) is 4.18. The molecule has 6 saturated heterocycles. The van der Waals surface area contributed by atoms with E-state index in [1.807, 2.05) is 23.5 Å². The molecular weight excluding hydrogens is 1160 g/mol. The zero-order valence-electron chi connectivity index (χ0n) is 43.2. The minimum atomic E-state index is -4.77. The molecule has 448 valence electrons. The summed E-state index contributed by atoms with van der Waals surface area (Å²) in [6, 6.07) is 0.404. The van der Waals surface area contributed by atoms with E-state index in [2.05, 4.69) is 31.9 Å². The van der Waals surface area contributed by atoms with Crippen LogP contribution in [0.2, 0.25) is 0 Å². The molecule has 35 heteroatoms. The van der Waals surface area contributed by atoms with Crippen LogP contribution in [0.4, 0.5) is 9.59 Å². The van der Waals surface area contributed by atoms with E-state index in [-0.39, 0.29) is 151 Å². The van der Waals surface area contributed by atoms with Crippen LogP contribution in [0, 0.1) is 0 Å². The standard InChI is InChI=1S/2C22H37N3O12S2.Ca/c2*26-15(5-2-1-4-14-17-12(10-38-14)24-22(31)25-17)23-7-6-16(27)35-8-3-9-36-21-20(30)19(29)18(28)13(37-21)11-39(32,33)34;/h2*12-14,17-21,28-30H,1-11H2,(H,23,26)(H2,24,25,31)(H,32,33,34);/q;;+2/p-2/t2*12-,13+,14-,17-,18+,19-,20+,21-;/m00./s1. The number of amides is 6. The second-order valence-electron chi connectivity index (χ2n) is 19.3. The first kappa shape index (κ1) is 69.3. The van der Waals surface area contributed by atoms with E-state index in [0.717, 1.165) is 37.2 Å². The van der Waals surface area contributed by atoms with E-state index in [4.69, 9.17) is 28.4 Å². The van der Waals surface area contributed by atoms with E-state index in [1.165, 1.54) is 0 Å². The zero-order chi connectivity index (χ0) is 57.2. The summed E-state index contributed by atoms with van der Waals surface area (Å²) in [5.74, 6) is -1.83. The van der Waals surface area contributed by atoms with Crippen molar-refractivity contribution in [3.63, 3.8) is 0 Å². The van der Waals surface area contributed by atoms with Crippen molar-refractivity contribution in [2.24, 2.45) is 0 Å². The van der Waals surface area contributed by atoms with Crippen LogP contribution in [0.1, 0.15) is 77.0 Å². The number of urea groups is 2. The number of nitrogens with one attached hydrogen (secondary N) is 6. The number of esters is 2. The average molecular weight is 1240 g/mol. The van der Waals surface area contributed by atoms with Crippen molar-refractivity contribution in [2.75, 3.05) is 62.5 Å². The van der Waals surface area contributed by atoms with Gasteiger partial charge in [0.15, 0.2) is 12.6 Å². The summed E-state index contributed by atoms with van der Waals surface area (Å²) in [7, 11) is -9.54. The number of thioether (sulfide) groups is 2. The first-order chi connectivity index (χ1) is 36.9. The summed E-state index contributed by atoms with van der Waals surface area (Å²) in [6.45, 7) is -0.0444. The molecule has 0 unspecified atom stereocenters. The van der Waals surface area contributed by atoms with Gasteiger partial charge >= 0.3 is 61.7 Å². The first-order valence-corrected chi connectivity index (χ1v) is 30.9. The number of hydrogen-bond donors (Lipinski definition) is 12. The Bertz CT molecular complexity index is 2070. The SMILES string of the molecule is O=C(CCCC[C@@H]1SC[C@@H]2NC(=O)N[C@@H]21)NCCC(=O)OCCCO[C@H]1O[C@H](CS(=O)(=O)[O-])[C@@H](O)[C@H](O)[C@H]1O.O=C(CCCC[C@@H]1SC[C@@H]2NC(=O)N[C@@H]21)NCCC(=O)OCCCO[C@H]1O[C@H](CS(=O)(=O)[O-])[C@@H](O)[C@H](O)[C@H]1O.[Ca+2]. The third kappa shape index (κ3) is 23.8. The van der Waals surface area contributed by atoms with E-state index < -0.39 is 105 Å². The van der Waals surface area contributed by atoms with Crippen molar-refractivity contribution in [1.82, 2.24) is 31.9 Å². The topological polar surface area (TPSA) is 466 Å². The molecule has 16 atom stereocenters. The fourth-order valence-electron chi connectivity index (χ4n) is 9.15. The molecule has 0 saturated carbocycles. The van der Waals surface area contributed by atoms with E-state index in [9.17, 15) is 85.3 Å². The van der Waals surface area contributed by atoms with Gasteiger partial charge in [-0.3, -0.25) is 19.2 Å². The second kappa shape index (κ2) is 33.9. The molecule has 0 aromatic carbocycles. The van der Waals surface area contributed by atoms with Gasteiger partial charge in [0, 0.05) is 60.8 Å². The Hall–Kier alpha value is -2.20. The summed E-state index contributed by atoms with van der Waals surface area (Å²) < 4.78 is 96.5. The summed E-state index contributed by atoms with van der Waals surface area (Å²) in [5.41, 5.74) is 0. The van der Waals surface area contributed by atoms with Crippen molar-refractivity contribution in [1.29, 1.82) is 0 Å². The number of carbonyl (C=O) groups is 6. The zero-order valence-corrected chi connectivity index (χ0v) is 48.6. The fourth-order valence-corrected chi connectivity index (χ4v) is 13.6. The number of ether oxygens (including phenoxy) is 6. The maximum Gasteiger partial charge on any atom is 2.00 e. The maximum atomic E-state index is 12.0. The molecule has 0 aromatic rings. The molecule has 6 aliphatic heterocycles. The van der Waals surface area contributed by atoms with Crippen molar-refractivity contribution >= 4 is 117 Å². The minimum absolute atomic E-state index is 0. The summed E-state index contributed by atoms with van der Waals surface area (Å²) >= 11 is 3.65. The molecule has 6 rings (SSSR count). The number of aliphatic hydroxyl groups excluding tert-OH is 6. The summed E-state index contributed by atoms with van der Waals surface area (Å²) in [4.78, 5) is 70.5. The van der Waals surface area contributed by atoms with Crippen LogP contribution in [0.3, 0.4) is 0 Å². The van der Waals surface area contributed by atoms with Gasteiger partial charge in [0.1, 0.15) is 48.8 Å². The second-order valence-corrected chi connectivity index (χ2v) is 24.7. The van der Waals surface area contributed by atoms with Gasteiger partial charge in [-0.2, -0.15) is 23.5 Å². The van der Waals surface area contributed by atoms with Crippen molar-refractivity contribution < 1.29 is 114 Å². The smallest absolute Gasteiger partial charge is 0.748 e. The predicted octanol–water partition coefficient (Wildman–Crippen LogP) is -5.34. The predicted molar refractivity (Wildman–Crippen MR) is 274 cm³/mol. The van der Waals surface area contributed by atoms with Gasteiger partial charge in [-0.1, -0.05) is 12.8 Å². The fraction of sp³-hybridized carbons (Fsp3) is 0.864. The molecule has 0 aliphatic carbocycles. The Morgan fingerprint density at radius 1 is 0.544 bits per heavy atom. The Labute approximate surface area is 495 Å². The van der Waals surface area contributed by atoms with Crippen LogP contribution >= 0.6 is 23.5 Å². The Kier molecular flexibility index (Phi) is 29.8. The molecule has 0 spiro atoms. The maximum absolute atomic E-state index is 12.0. The Balaban J connectivity index is 0.000000336. The molecule has 6 fully saturated rings.